The number of hydrogen-bond acceptors (Lipinski definition) is 6. The minimum Gasteiger partial charge on any atom is -0.473 e. The Morgan fingerprint density at radius 1 is 1.15 bits per heavy atom. The van der Waals surface area contributed by atoms with E-state index < -0.39 is 0 Å². The van der Waals surface area contributed by atoms with Crippen LogP contribution in [0.1, 0.15) is 20.3 Å². The average molecular weight is 449 g/mol. The maximum absolute atomic E-state index is 11.6. The molecule has 0 spiro atoms. The number of rotatable bonds is 5. The van der Waals surface area contributed by atoms with Crippen LogP contribution in [0.25, 0.3) is 16.8 Å². The second-order valence-corrected chi connectivity index (χ2v) is 8.72. The number of nitrogens with one attached hydrogen (secondary N) is 1. The summed E-state index contributed by atoms with van der Waals surface area (Å²) in [6.45, 7) is 7.36. The molecule has 0 saturated carbocycles. The van der Waals surface area contributed by atoms with Gasteiger partial charge in [-0.1, -0.05) is 12.1 Å². The molecule has 4 heterocycles. The highest BCUT2D eigenvalue weighted by atomic mass is 16.5. The Balaban J connectivity index is 1.35. The molecule has 2 amide bonds. The first-order chi connectivity index (χ1) is 16.0. The molecule has 2 fully saturated rings. The molecule has 1 aromatic carbocycles. The van der Waals surface area contributed by atoms with E-state index >= 15 is 0 Å². The summed E-state index contributed by atoms with van der Waals surface area (Å²) < 4.78 is 8.00. The Bertz CT molecular complexity index is 1170. The number of piperazine rings is 1. The molecule has 3 aromatic rings. The van der Waals surface area contributed by atoms with Crippen molar-refractivity contribution in [2.45, 2.75) is 26.4 Å². The van der Waals surface area contributed by atoms with Crippen molar-refractivity contribution < 1.29 is 14.3 Å². The molecule has 9 heteroatoms. The van der Waals surface area contributed by atoms with Gasteiger partial charge < -0.3 is 19.9 Å². The van der Waals surface area contributed by atoms with Crippen LogP contribution < -0.4 is 15.0 Å². The summed E-state index contributed by atoms with van der Waals surface area (Å²) in [4.78, 5) is 32.1. The number of fused-ring (bicyclic) bond motifs is 1. The van der Waals surface area contributed by atoms with Gasteiger partial charge in [0.2, 0.25) is 17.7 Å². The topological polar surface area (TPSA) is 92.1 Å². The predicted octanol–water partition coefficient (Wildman–Crippen LogP) is 1.97. The van der Waals surface area contributed by atoms with Crippen molar-refractivity contribution in [1.29, 1.82) is 0 Å². The molecule has 2 saturated heterocycles. The van der Waals surface area contributed by atoms with E-state index in [1.807, 2.05) is 24.1 Å². The van der Waals surface area contributed by atoms with Gasteiger partial charge in [-0.15, -0.1) is 0 Å². The molecule has 172 valence electrons. The summed E-state index contributed by atoms with van der Waals surface area (Å²) in [5.74, 6) is 0.831. The first-order valence-electron chi connectivity index (χ1n) is 11.4. The largest absolute Gasteiger partial charge is 0.473 e. The molecule has 1 unspecified atom stereocenters. The first-order valence-corrected chi connectivity index (χ1v) is 11.4. The van der Waals surface area contributed by atoms with Gasteiger partial charge in [-0.25, -0.2) is 9.50 Å². The van der Waals surface area contributed by atoms with Gasteiger partial charge in [-0.2, -0.15) is 5.10 Å². The molecule has 2 aliphatic rings. The molecule has 0 bridgehead atoms. The Morgan fingerprint density at radius 2 is 1.91 bits per heavy atom. The van der Waals surface area contributed by atoms with Gasteiger partial charge in [-0.3, -0.25) is 9.59 Å². The highest BCUT2D eigenvalue weighted by molar-refractivity contribution is 5.78. The number of benzene rings is 1. The van der Waals surface area contributed by atoms with Crippen LogP contribution in [0.4, 0.5) is 5.69 Å². The Labute approximate surface area is 192 Å². The quantitative estimate of drug-likeness (QED) is 0.642. The molecule has 33 heavy (non-hydrogen) atoms. The van der Waals surface area contributed by atoms with Crippen molar-refractivity contribution in [2.24, 2.45) is 5.92 Å². The number of nitrogens with zero attached hydrogens (tertiary/aromatic N) is 5. The van der Waals surface area contributed by atoms with E-state index in [4.69, 9.17) is 9.72 Å². The lowest BCUT2D eigenvalue weighted by atomic mass is 10.0. The zero-order chi connectivity index (χ0) is 22.9. The van der Waals surface area contributed by atoms with E-state index in [1.165, 1.54) is 0 Å². The molecule has 9 nitrogen and oxygen atoms in total. The van der Waals surface area contributed by atoms with Crippen LogP contribution >= 0.6 is 0 Å². The molecule has 2 atom stereocenters. The summed E-state index contributed by atoms with van der Waals surface area (Å²) in [5.41, 5.74) is 3.66. The Kier molecular flexibility index (Phi) is 5.62. The third-order valence-electron chi connectivity index (χ3n) is 6.58. The highest BCUT2D eigenvalue weighted by Crippen LogP contribution is 2.28. The SMILES string of the molecule is CC(=O)N1CCN(c2ccc(-c3cn4nccc4c(OC(C)[C@H]4CNC(=O)C4)n3)cc2)CC1. The lowest BCUT2D eigenvalue weighted by Gasteiger charge is -2.35. The standard InChI is InChI=1S/C24H28N6O3/c1-16(19-13-23(32)25-14-19)33-24-22-7-8-26-30(22)15-21(27-24)18-3-5-20(6-4-18)29-11-9-28(10-12-29)17(2)31/h3-8,15-16,19H,9-14H2,1-2H3,(H,25,32)/t16?,19-/m1/s1. The highest BCUT2D eigenvalue weighted by Gasteiger charge is 2.29. The molecule has 0 aliphatic carbocycles. The first kappa shape index (κ1) is 21.2. The fourth-order valence-electron chi connectivity index (χ4n) is 4.48. The van der Waals surface area contributed by atoms with Gasteiger partial charge in [-0.05, 0) is 25.1 Å². The normalized spacial score (nSPS) is 19.6. The summed E-state index contributed by atoms with van der Waals surface area (Å²) >= 11 is 0. The van der Waals surface area contributed by atoms with Gasteiger partial charge in [0.25, 0.3) is 0 Å². The fraction of sp³-hybridized carbons (Fsp3) is 0.417. The van der Waals surface area contributed by atoms with Crippen LogP contribution in [-0.2, 0) is 9.59 Å². The summed E-state index contributed by atoms with van der Waals surface area (Å²) in [7, 11) is 0. The van der Waals surface area contributed by atoms with Crippen LogP contribution in [0.3, 0.4) is 0 Å². The minimum absolute atomic E-state index is 0.0643. The van der Waals surface area contributed by atoms with Crippen molar-refractivity contribution >= 4 is 23.0 Å². The number of aromatic nitrogens is 3. The number of anilines is 1. The summed E-state index contributed by atoms with van der Waals surface area (Å²) in [6.07, 6.45) is 3.94. The van der Waals surface area contributed by atoms with E-state index in [0.717, 1.165) is 48.6 Å². The zero-order valence-corrected chi connectivity index (χ0v) is 18.9. The van der Waals surface area contributed by atoms with Crippen LogP contribution in [0.5, 0.6) is 5.88 Å². The van der Waals surface area contributed by atoms with Gasteiger partial charge >= 0.3 is 0 Å². The minimum atomic E-state index is -0.151. The molecular weight excluding hydrogens is 420 g/mol. The number of amides is 2. The zero-order valence-electron chi connectivity index (χ0n) is 18.9. The molecule has 2 aromatic heterocycles. The number of hydrogen-bond donors (Lipinski definition) is 1. The maximum atomic E-state index is 11.6. The lowest BCUT2D eigenvalue weighted by Crippen LogP contribution is -2.48. The van der Waals surface area contributed by atoms with E-state index in [1.54, 1.807) is 17.6 Å². The maximum Gasteiger partial charge on any atom is 0.240 e. The van der Waals surface area contributed by atoms with Crippen LogP contribution in [0.15, 0.2) is 42.7 Å². The van der Waals surface area contributed by atoms with E-state index in [9.17, 15) is 9.59 Å². The molecular formula is C24H28N6O3. The van der Waals surface area contributed by atoms with Crippen molar-refractivity contribution in [3.63, 3.8) is 0 Å². The summed E-state index contributed by atoms with van der Waals surface area (Å²) in [5, 5.41) is 7.25. The van der Waals surface area contributed by atoms with Crippen LogP contribution in [0, 0.1) is 5.92 Å². The fourth-order valence-corrected chi connectivity index (χ4v) is 4.48. The molecule has 5 rings (SSSR count). The van der Waals surface area contributed by atoms with Crippen LogP contribution in [-0.4, -0.2) is 70.1 Å². The molecule has 0 radical (unpaired) electrons. The average Bonchev–Trinajstić information content (AvgIpc) is 3.48. The number of ether oxygens (including phenoxy) is 1. The summed E-state index contributed by atoms with van der Waals surface area (Å²) in [6, 6.07) is 10.2. The van der Waals surface area contributed by atoms with Crippen molar-refractivity contribution in [2.75, 3.05) is 37.6 Å². The van der Waals surface area contributed by atoms with Gasteiger partial charge in [0.1, 0.15) is 11.6 Å². The van der Waals surface area contributed by atoms with Gasteiger partial charge in [0.05, 0.1) is 18.1 Å². The number of carbonyl (C=O) groups excluding carboxylic acids is 2. The monoisotopic (exact) mass is 448 g/mol. The van der Waals surface area contributed by atoms with Crippen molar-refractivity contribution in [1.82, 2.24) is 24.8 Å². The lowest BCUT2D eigenvalue weighted by molar-refractivity contribution is -0.129. The van der Waals surface area contributed by atoms with E-state index in [2.05, 4.69) is 39.6 Å². The van der Waals surface area contributed by atoms with Gasteiger partial charge in [0.15, 0.2) is 0 Å². The van der Waals surface area contributed by atoms with Crippen LogP contribution in [0.2, 0.25) is 0 Å². The van der Waals surface area contributed by atoms with E-state index in [-0.39, 0.29) is 23.8 Å². The van der Waals surface area contributed by atoms with E-state index in [0.29, 0.717) is 18.8 Å². The molecule has 1 N–H and O–H groups in total. The second kappa shape index (κ2) is 8.73. The predicted molar refractivity (Wildman–Crippen MR) is 124 cm³/mol. The Hall–Kier alpha value is -3.62. The molecule has 2 aliphatic heterocycles. The van der Waals surface area contributed by atoms with Crippen molar-refractivity contribution in [3.05, 3.63) is 42.7 Å². The smallest absolute Gasteiger partial charge is 0.240 e. The third-order valence-corrected chi connectivity index (χ3v) is 6.58. The van der Waals surface area contributed by atoms with Crippen molar-refractivity contribution in [3.8, 4) is 17.1 Å². The van der Waals surface area contributed by atoms with Gasteiger partial charge in [0, 0.05) is 63.2 Å². The second-order valence-electron chi connectivity index (χ2n) is 8.72. The Morgan fingerprint density at radius 3 is 2.58 bits per heavy atom. The number of carbonyl (C=O) groups is 2. The third kappa shape index (κ3) is 4.35.